The van der Waals surface area contributed by atoms with Gasteiger partial charge in [0.25, 0.3) is 0 Å². The van der Waals surface area contributed by atoms with Gasteiger partial charge in [0.2, 0.25) is 0 Å². The van der Waals surface area contributed by atoms with Crippen LogP contribution in [0.15, 0.2) is 48.6 Å². The molecule has 0 aliphatic carbocycles. The van der Waals surface area contributed by atoms with E-state index in [1.807, 2.05) is 0 Å². The van der Waals surface area contributed by atoms with Gasteiger partial charge in [-0.2, -0.15) is 0 Å². The van der Waals surface area contributed by atoms with Crippen molar-refractivity contribution < 1.29 is 28.6 Å². The van der Waals surface area contributed by atoms with Crippen LogP contribution in [-0.4, -0.2) is 37.2 Å². The van der Waals surface area contributed by atoms with E-state index in [4.69, 9.17) is 14.2 Å². The van der Waals surface area contributed by atoms with E-state index in [0.29, 0.717) is 19.3 Å². The fraction of sp³-hybridized carbons (Fsp3) is 0.845. The largest absolute Gasteiger partial charge is 0.462 e. The van der Waals surface area contributed by atoms with E-state index in [1.54, 1.807) is 0 Å². The number of carbonyl (C=O) groups is 3. The maximum absolute atomic E-state index is 12.9. The Morgan fingerprint density at radius 2 is 0.468 bits per heavy atom. The number of carbonyl (C=O) groups excluding carboxylic acids is 3. The fourth-order valence-electron chi connectivity index (χ4n) is 10.2. The Balaban J connectivity index is 4.34. The van der Waals surface area contributed by atoms with Crippen molar-refractivity contribution in [1.82, 2.24) is 0 Å². The third kappa shape index (κ3) is 64.1. The molecule has 0 radical (unpaired) electrons. The quantitative estimate of drug-likeness (QED) is 0.0261. The van der Waals surface area contributed by atoms with Crippen LogP contribution in [0, 0.1) is 0 Å². The average Bonchev–Trinajstić information content (AvgIpc) is 3.43. The molecular weight excluding hydrogens is 949 g/mol. The molecule has 0 aromatic carbocycles. The molecule has 0 amide bonds. The first-order valence-corrected chi connectivity index (χ1v) is 34.1. The highest BCUT2D eigenvalue weighted by molar-refractivity contribution is 5.71. The third-order valence-corrected chi connectivity index (χ3v) is 15.3. The molecule has 6 heteroatoms. The number of hydrogen-bond donors (Lipinski definition) is 0. The Morgan fingerprint density at radius 1 is 0.260 bits per heavy atom. The van der Waals surface area contributed by atoms with Crippen LogP contribution in [0.2, 0.25) is 0 Å². The Morgan fingerprint density at radius 3 is 0.740 bits per heavy atom. The SMILES string of the molecule is CCCCCCC/C=C\C/C=C\C/C=C\CCCCCCCCCCC(=O)OCC(COC(=O)CCCCCCCCC/C=C\CCCCCCCC)OC(=O)CCCCCCCCCCCCCCCCCCCCC. The summed E-state index contributed by atoms with van der Waals surface area (Å²) in [7, 11) is 0. The van der Waals surface area contributed by atoms with Gasteiger partial charge in [-0.25, -0.2) is 0 Å². The Kier molecular flexibility index (Phi) is 63.6. The van der Waals surface area contributed by atoms with E-state index >= 15 is 0 Å². The molecule has 6 nitrogen and oxygen atoms in total. The van der Waals surface area contributed by atoms with Crippen molar-refractivity contribution in [1.29, 1.82) is 0 Å². The van der Waals surface area contributed by atoms with Crippen LogP contribution in [0.25, 0.3) is 0 Å². The lowest BCUT2D eigenvalue weighted by Gasteiger charge is -2.18. The molecule has 0 N–H and O–H groups in total. The summed E-state index contributed by atoms with van der Waals surface area (Å²) < 4.78 is 17.0. The number of allylic oxidation sites excluding steroid dienone is 8. The molecule has 450 valence electrons. The van der Waals surface area contributed by atoms with Crippen molar-refractivity contribution in [2.75, 3.05) is 13.2 Å². The molecule has 0 saturated heterocycles. The van der Waals surface area contributed by atoms with Crippen LogP contribution in [0.3, 0.4) is 0 Å². The Bertz CT molecular complexity index is 1330. The highest BCUT2D eigenvalue weighted by Crippen LogP contribution is 2.18. The first-order chi connectivity index (χ1) is 38.0. The van der Waals surface area contributed by atoms with Crippen LogP contribution >= 0.6 is 0 Å². The topological polar surface area (TPSA) is 78.9 Å². The zero-order valence-electron chi connectivity index (χ0n) is 51.7. The number of rotatable bonds is 63. The van der Waals surface area contributed by atoms with E-state index < -0.39 is 6.10 Å². The first kappa shape index (κ1) is 74.4. The van der Waals surface area contributed by atoms with E-state index in [2.05, 4.69) is 69.4 Å². The van der Waals surface area contributed by atoms with Gasteiger partial charge in [-0.1, -0.05) is 313 Å². The lowest BCUT2D eigenvalue weighted by atomic mass is 10.0. The third-order valence-electron chi connectivity index (χ3n) is 15.3. The van der Waals surface area contributed by atoms with Crippen LogP contribution in [0.5, 0.6) is 0 Å². The number of unbranched alkanes of at least 4 members (excludes halogenated alkanes) is 44. The molecule has 0 aromatic heterocycles. The number of hydrogen-bond acceptors (Lipinski definition) is 6. The lowest BCUT2D eigenvalue weighted by molar-refractivity contribution is -0.167. The van der Waals surface area contributed by atoms with E-state index in [9.17, 15) is 14.4 Å². The monoisotopic (exact) mass is 1080 g/mol. The molecule has 0 heterocycles. The molecule has 0 rings (SSSR count). The second kappa shape index (κ2) is 65.9. The summed E-state index contributed by atoms with van der Waals surface area (Å²) in [6.45, 7) is 6.68. The normalized spacial score (nSPS) is 12.3. The van der Waals surface area contributed by atoms with Gasteiger partial charge in [-0.05, 0) is 83.5 Å². The minimum Gasteiger partial charge on any atom is -0.462 e. The lowest BCUT2D eigenvalue weighted by Crippen LogP contribution is -2.30. The standard InChI is InChI=1S/C71H130O6/c1-4-7-10-13-16-19-22-25-28-31-33-34-35-36-38-40-43-46-49-52-55-58-61-64-70(73)76-67-68(66-75-69(72)63-60-57-54-51-48-45-42-39-30-27-24-21-18-15-12-9-6-3)77-71(74)65-62-59-56-53-50-47-44-41-37-32-29-26-23-20-17-14-11-8-5-2/h22,25,27,30-31,33,35-36,68H,4-21,23-24,26,28-29,32,34,37-67H2,1-3H3/b25-22-,30-27-,33-31-,36-35-. The van der Waals surface area contributed by atoms with Gasteiger partial charge in [0, 0.05) is 19.3 Å². The second-order valence-electron chi connectivity index (χ2n) is 23.1. The van der Waals surface area contributed by atoms with Gasteiger partial charge in [-0.15, -0.1) is 0 Å². The summed E-state index contributed by atoms with van der Waals surface area (Å²) >= 11 is 0. The van der Waals surface area contributed by atoms with Crippen molar-refractivity contribution in [3.05, 3.63) is 48.6 Å². The smallest absolute Gasteiger partial charge is 0.306 e. The van der Waals surface area contributed by atoms with E-state index in [-0.39, 0.29) is 31.1 Å². The maximum atomic E-state index is 12.9. The fourth-order valence-corrected chi connectivity index (χ4v) is 10.2. The minimum atomic E-state index is -0.777. The maximum Gasteiger partial charge on any atom is 0.306 e. The van der Waals surface area contributed by atoms with Crippen molar-refractivity contribution in [3.8, 4) is 0 Å². The number of ether oxygens (including phenoxy) is 3. The van der Waals surface area contributed by atoms with Crippen molar-refractivity contribution in [3.63, 3.8) is 0 Å². The van der Waals surface area contributed by atoms with Crippen molar-refractivity contribution in [2.45, 2.75) is 374 Å². The van der Waals surface area contributed by atoms with Crippen LogP contribution in [0.4, 0.5) is 0 Å². The first-order valence-electron chi connectivity index (χ1n) is 34.1. The molecule has 0 aromatic rings. The van der Waals surface area contributed by atoms with Crippen LogP contribution in [-0.2, 0) is 28.6 Å². The van der Waals surface area contributed by atoms with Crippen LogP contribution in [0.1, 0.15) is 367 Å². The van der Waals surface area contributed by atoms with Crippen molar-refractivity contribution in [2.24, 2.45) is 0 Å². The molecular formula is C71H130O6. The summed E-state index contributed by atoms with van der Waals surface area (Å²) in [5, 5.41) is 0. The molecule has 1 unspecified atom stereocenters. The molecule has 0 aliphatic heterocycles. The van der Waals surface area contributed by atoms with Crippen molar-refractivity contribution >= 4 is 17.9 Å². The summed E-state index contributed by atoms with van der Waals surface area (Å²) in [6.07, 6.45) is 82.6. The molecule has 0 aliphatic rings. The zero-order valence-corrected chi connectivity index (χ0v) is 51.7. The zero-order chi connectivity index (χ0) is 55.7. The van der Waals surface area contributed by atoms with Gasteiger partial charge >= 0.3 is 17.9 Å². The number of esters is 3. The molecule has 0 spiro atoms. The van der Waals surface area contributed by atoms with Gasteiger partial charge < -0.3 is 14.2 Å². The summed E-state index contributed by atoms with van der Waals surface area (Å²) in [5.41, 5.74) is 0. The highest BCUT2D eigenvalue weighted by atomic mass is 16.6. The van der Waals surface area contributed by atoms with E-state index in [0.717, 1.165) is 77.0 Å². The highest BCUT2D eigenvalue weighted by Gasteiger charge is 2.19. The average molecular weight is 1080 g/mol. The summed E-state index contributed by atoms with van der Waals surface area (Å²) in [6, 6.07) is 0. The predicted molar refractivity (Wildman–Crippen MR) is 335 cm³/mol. The molecule has 77 heavy (non-hydrogen) atoms. The van der Waals surface area contributed by atoms with Gasteiger partial charge in [0.05, 0.1) is 0 Å². The summed E-state index contributed by atoms with van der Waals surface area (Å²) in [4.78, 5) is 38.4. The molecule has 0 fully saturated rings. The van der Waals surface area contributed by atoms with Crippen LogP contribution < -0.4 is 0 Å². The Labute approximate surface area is 479 Å². The van der Waals surface area contributed by atoms with E-state index in [1.165, 1.54) is 250 Å². The predicted octanol–water partition coefficient (Wildman–Crippen LogP) is 23.3. The molecule has 0 bridgehead atoms. The molecule has 0 saturated carbocycles. The second-order valence-corrected chi connectivity index (χ2v) is 23.1. The van der Waals surface area contributed by atoms with Gasteiger partial charge in [0.15, 0.2) is 6.10 Å². The minimum absolute atomic E-state index is 0.0739. The van der Waals surface area contributed by atoms with Gasteiger partial charge in [0.1, 0.15) is 13.2 Å². The Hall–Kier alpha value is -2.63. The summed E-state index contributed by atoms with van der Waals surface area (Å²) in [5.74, 6) is -0.860. The molecule has 1 atom stereocenters. The van der Waals surface area contributed by atoms with Gasteiger partial charge in [-0.3, -0.25) is 14.4 Å².